The van der Waals surface area contributed by atoms with Crippen LogP contribution in [0.2, 0.25) is 0 Å². The second-order valence-electron chi connectivity index (χ2n) is 6.86. The van der Waals surface area contributed by atoms with Crippen LogP contribution in [0.5, 0.6) is 0 Å². The minimum atomic E-state index is -0.598. The number of amides is 1. The van der Waals surface area contributed by atoms with Crippen molar-refractivity contribution < 1.29 is 14.3 Å². The minimum Gasteiger partial charge on any atom is -0.452 e. The molecular weight excluding hydrogens is 354 g/mol. The number of hydrogen-bond donors (Lipinski definition) is 0. The summed E-state index contributed by atoms with van der Waals surface area (Å²) in [5, 5.41) is 8.90. The average molecular weight is 377 g/mol. The highest BCUT2D eigenvalue weighted by Gasteiger charge is 2.23. The first-order chi connectivity index (χ1) is 13.5. The van der Waals surface area contributed by atoms with Crippen LogP contribution in [-0.4, -0.2) is 49.6 Å². The third kappa shape index (κ3) is 4.32. The fourth-order valence-electron chi connectivity index (χ4n) is 3.29. The molecule has 0 atom stereocenters. The second kappa shape index (κ2) is 8.57. The van der Waals surface area contributed by atoms with Gasteiger partial charge >= 0.3 is 5.97 Å². The van der Waals surface area contributed by atoms with Gasteiger partial charge in [-0.2, -0.15) is 5.26 Å². The maximum absolute atomic E-state index is 12.4. The summed E-state index contributed by atoms with van der Waals surface area (Å²) in [6, 6.07) is 14.5. The largest absolute Gasteiger partial charge is 0.452 e. The molecule has 6 nitrogen and oxygen atoms in total. The molecule has 1 heterocycles. The SMILES string of the molecule is Cc1cccc(N2CCN(C(=O)COC(=O)c3cccc(C#N)c3)CC2)c1C. The molecule has 0 radical (unpaired) electrons. The molecule has 0 spiro atoms. The molecule has 0 unspecified atom stereocenters. The Bertz CT molecular complexity index is 925. The molecule has 1 aliphatic rings. The molecule has 2 aromatic rings. The van der Waals surface area contributed by atoms with E-state index in [2.05, 4.69) is 36.9 Å². The summed E-state index contributed by atoms with van der Waals surface area (Å²) in [5.41, 5.74) is 4.37. The van der Waals surface area contributed by atoms with Crippen LogP contribution < -0.4 is 4.90 Å². The lowest BCUT2D eigenvalue weighted by atomic mass is 10.1. The highest BCUT2D eigenvalue weighted by Crippen LogP contribution is 2.23. The third-order valence-electron chi connectivity index (χ3n) is 5.10. The van der Waals surface area contributed by atoms with Crippen molar-refractivity contribution in [3.8, 4) is 6.07 Å². The Kier molecular flexibility index (Phi) is 5.95. The topological polar surface area (TPSA) is 73.6 Å². The number of hydrogen-bond acceptors (Lipinski definition) is 5. The average Bonchev–Trinajstić information content (AvgIpc) is 2.74. The standard InChI is InChI=1S/C22H23N3O3/c1-16-5-3-8-20(17(16)2)24-9-11-25(12-10-24)21(26)15-28-22(27)19-7-4-6-18(13-19)14-23/h3-8,13H,9-12,15H2,1-2H3. The summed E-state index contributed by atoms with van der Waals surface area (Å²) in [7, 11) is 0. The zero-order valence-corrected chi connectivity index (χ0v) is 16.1. The van der Waals surface area contributed by atoms with E-state index in [9.17, 15) is 9.59 Å². The van der Waals surface area contributed by atoms with Crippen molar-refractivity contribution in [3.05, 3.63) is 64.7 Å². The number of carbonyl (C=O) groups excluding carboxylic acids is 2. The summed E-state index contributed by atoms with van der Waals surface area (Å²) in [6.45, 7) is 6.59. The van der Waals surface area contributed by atoms with Gasteiger partial charge in [0.2, 0.25) is 0 Å². The Labute approximate surface area is 164 Å². The number of carbonyl (C=O) groups is 2. The monoisotopic (exact) mass is 377 g/mol. The molecule has 144 valence electrons. The summed E-state index contributed by atoms with van der Waals surface area (Å²) in [6.07, 6.45) is 0. The zero-order chi connectivity index (χ0) is 20.1. The minimum absolute atomic E-state index is 0.203. The van der Waals surface area contributed by atoms with Crippen molar-refractivity contribution in [2.45, 2.75) is 13.8 Å². The molecule has 1 amide bonds. The van der Waals surface area contributed by atoms with Gasteiger partial charge in [-0.3, -0.25) is 4.79 Å². The molecule has 0 aliphatic carbocycles. The highest BCUT2D eigenvalue weighted by atomic mass is 16.5. The van der Waals surface area contributed by atoms with Gasteiger partial charge in [-0.05, 0) is 49.2 Å². The number of benzene rings is 2. The second-order valence-corrected chi connectivity index (χ2v) is 6.86. The van der Waals surface area contributed by atoms with Crippen LogP contribution in [0.25, 0.3) is 0 Å². The van der Waals surface area contributed by atoms with Crippen molar-refractivity contribution >= 4 is 17.6 Å². The number of ether oxygens (including phenoxy) is 1. The van der Waals surface area contributed by atoms with Gasteiger partial charge in [-0.1, -0.05) is 18.2 Å². The summed E-state index contributed by atoms with van der Waals surface area (Å²) in [4.78, 5) is 28.5. The van der Waals surface area contributed by atoms with Crippen molar-refractivity contribution in [2.75, 3.05) is 37.7 Å². The number of aryl methyl sites for hydroxylation is 1. The van der Waals surface area contributed by atoms with Gasteiger partial charge in [0.15, 0.2) is 6.61 Å². The lowest BCUT2D eigenvalue weighted by molar-refractivity contribution is -0.134. The molecule has 1 saturated heterocycles. The first kappa shape index (κ1) is 19.4. The first-order valence-corrected chi connectivity index (χ1v) is 9.26. The smallest absolute Gasteiger partial charge is 0.338 e. The molecule has 1 aliphatic heterocycles. The van der Waals surface area contributed by atoms with Crippen LogP contribution in [0.4, 0.5) is 5.69 Å². The van der Waals surface area contributed by atoms with Gasteiger partial charge in [0, 0.05) is 31.9 Å². The van der Waals surface area contributed by atoms with E-state index >= 15 is 0 Å². The van der Waals surface area contributed by atoms with Gasteiger partial charge in [-0.25, -0.2) is 4.79 Å². The molecule has 1 fully saturated rings. The van der Waals surface area contributed by atoms with E-state index in [4.69, 9.17) is 10.00 Å². The zero-order valence-electron chi connectivity index (χ0n) is 16.1. The molecule has 28 heavy (non-hydrogen) atoms. The summed E-state index contributed by atoms with van der Waals surface area (Å²) in [5.74, 6) is -0.801. The van der Waals surface area contributed by atoms with Crippen LogP contribution >= 0.6 is 0 Å². The Morgan fingerprint density at radius 1 is 1.07 bits per heavy atom. The molecule has 3 rings (SSSR count). The molecule has 0 N–H and O–H groups in total. The van der Waals surface area contributed by atoms with Crippen LogP contribution in [0, 0.1) is 25.2 Å². The van der Waals surface area contributed by atoms with E-state index in [0.717, 1.165) is 13.1 Å². The van der Waals surface area contributed by atoms with Gasteiger partial charge < -0.3 is 14.5 Å². The van der Waals surface area contributed by atoms with E-state index in [1.165, 1.54) is 22.9 Å². The number of piperazine rings is 1. The van der Waals surface area contributed by atoms with Gasteiger partial charge in [-0.15, -0.1) is 0 Å². The lowest BCUT2D eigenvalue weighted by Gasteiger charge is -2.37. The Morgan fingerprint density at radius 3 is 2.50 bits per heavy atom. The highest BCUT2D eigenvalue weighted by molar-refractivity contribution is 5.91. The molecule has 6 heteroatoms. The maximum atomic E-state index is 12.4. The van der Waals surface area contributed by atoms with Crippen LogP contribution in [0.3, 0.4) is 0 Å². The summed E-state index contributed by atoms with van der Waals surface area (Å²) >= 11 is 0. The van der Waals surface area contributed by atoms with Crippen LogP contribution in [0.15, 0.2) is 42.5 Å². The lowest BCUT2D eigenvalue weighted by Crippen LogP contribution is -2.50. The van der Waals surface area contributed by atoms with E-state index in [-0.39, 0.29) is 18.1 Å². The Morgan fingerprint density at radius 2 is 1.79 bits per heavy atom. The quantitative estimate of drug-likeness (QED) is 0.766. The normalized spacial score (nSPS) is 13.8. The predicted molar refractivity (Wildman–Crippen MR) is 106 cm³/mol. The van der Waals surface area contributed by atoms with Crippen molar-refractivity contribution in [1.82, 2.24) is 4.90 Å². The van der Waals surface area contributed by atoms with Gasteiger partial charge in [0.1, 0.15) is 0 Å². The number of nitrogens with zero attached hydrogens (tertiary/aromatic N) is 3. The molecule has 0 bridgehead atoms. The van der Waals surface area contributed by atoms with Gasteiger partial charge in [0.25, 0.3) is 5.91 Å². The molecule has 0 saturated carbocycles. The summed E-state index contributed by atoms with van der Waals surface area (Å²) < 4.78 is 5.14. The van der Waals surface area contributed by atoms with E-state index in [0.29, 0.717) is 18.7 Å². The molecule has 2 aromatic carbocycles. The third-order valence-corrected chi connectivity index (χ3v) is 5.10. The number of nitriles is 1. The Balaban J connectivity index is 1.52. The van der Waals surface area contributed by atoms with E-state index in [1.54, 1.807) is 23.1 Å². The van der Waals surface area contributed by atoms with Crippen LogP contribution in [-0.2, 0) is 9.53 Å². The Hall–Kier alpha value is -3.33. The molecule has 0 aromatic heterocycles. The predicted octanol–water partition coefficient (Wildman–Crippen LogP) is 2.68. The fraction of sp³-hybridized carbons (Fsp3) is 0.318. The molecular formula is C22H23N3O3. The fourth-order valence-corrected chi connectivity index (χ4v) is 3.29. The number of rotatable bonds is 4. The van der Waals surface area contributed by atoms with Crippen molar-refractivity contribution in [3.63, 3.8) is 0 Å². The number of anilines is 1. The van der Waals surface area contributed by atoms with Crippen LogP contribution in [0.1, 0.15) is 27.0 Å². The van der Waals surface area contributed by atoms with Gasteiger partial charge in [0.05, 0.1) is 17.2 Å². The van der Waals surface area contributed by atoms with E-state index in [1.807, 2.05) is 6.07 Å². The maximum Gasteiger partial charge on any atom is 0.338 e. The van der Waals surface area contributed by atoms with Crippen molar-refractivity contribution in [1.29, 1.82) is 5.26 Å². The van der Waals surface area contributed by atoms with Crippen molar-refractivity contribution in [2.24, 2.45) is 0 Å². The number of esters is 1. The first-order valence-electron chi connectivity index (χ1n) is 9.26. The van der Waals surface area contributed by atoms with E-state index < -0.39 is 5.97 Å².